The first-order chi connectivity index (χ1) is 9.01. The van der Waals surface area contributed by atoms with Crippen LogP contribution < -0.4 is 11.1 Å². The number of amides is 3. The Hall–Kier alpha value is -1.26. The minimum absolute atomic E-state index is 0.0695. The fourth-order valence-electron chi connectivity index (χ4n) is 3.17. The lowest BCUT2D eigenvalue weighted by molar-refractivity contribution is -0.131. The molecule has 3 amide bonds. The van der Waals surface area contributed by atoms with Gasteiger partial charge in [-0.3, -0.25) is 4.79 Å². The third-order valence-corrected chi connectivity index (χ3v) is 4.59. The van der Waals surface area contributed by atoms with Crippen molar-refractivity contribution >= 4 is 11.9 Å². The van der Waals surface area contributed by atoms with Gasteiger partial charge < -0.3 is 16.0 Å². The summed E-state index contributed by atoms with van der Waals surface area (Å²) in [6.45, 7) is 3.28. The lowest BCUT2D eigenvalue weighted by Crippen LogP contribution is -2.46. The number of urea groups is 1. The fourth-order valence-corrected chi connectivity index (χ4v) is 3.17. The van der Waals surface area contributed by atoms with Gasteiger partial charge in [0.15, 0.2) is 0 Å². The molecule has 1 heterocycles. The van der Waals surface area contributed by atoms with Crippen LogP contribution in [0.15, 0.2) is 0 Å². The van der Waals surface area contributed by atoms with Gasteiger partial charge in [-0.1, -0.05) is 32.6 Å². The highest BCUT2D eigenvalue weighted by molar-refractivity contribution is 5.82. The third-order valence-electron chi connectivity index (χ3n) is 4.59. The van der Waals surface area contributed by atoms with E-state index in [1.807, 2.05) is 0 Å². The van der Waals surface area contributed by atoms with Crippen LogP contribution in [0.4, 0.5) is 4.79 Å². The standard InChI is InChI=1S/C14H25N3O2/c1-14(7-4-2-3-5-8-14)12(18)16-11-6-9-17(10-11)13(15)19/h11H,2-10H2,1H3,(H2,15,19)(H,16,18)/t11-/m0/s1. The van der Waals surface area contributed by atoms with Gasteiger partial charge in [0.2, 0.25) is 5.91 Å². The Morgan fingerprint density at radius 2 is 1.84 bits per heavy atom. The normalized spacial score (nSPS) is 26.8. The van der Waals surface area contributed by atoms with Crippen LogP contribution in [0, 0.1) is 5.41 Å². The highest BCUT2D eigenvalue weighted by Gasteiger charge is 2.36. The Kier molecular flexibility index (Phi) is 4.32. The molecule has 2 aliphatic rings. The van der Waals surface area contributed by atoms with Crippen LogP contribution >= 0.6 is 0 Å². The first-order valence-corrected chi connectivity index (χ1v) is 7.37. The largest absolute Gasteiger partial charge is 0.351 e. The van der Waals surface area contributed by atoms with Crippen LogP contribution in [0.5, 0.6) is 0 Å². The number of nitrogens with zero attached hydrogens (tertiary/aromatic N) is 1. The van der Waals surface area contributed by atoms with Gasteiger partial charge in [-0.15, -0.1) is 0 Å². The van der Waals surface area contributed by atoms with Gasteiger partial charge in [-0.05, 0) is 19.3 Å². The van der Waals surface area contributed by atoms with Crippen LogP contribution in [0.1, 0.15) is 51.9 Å². The van der Waals surface area contributed by atoms with Gasteiger partial charge in [0.1, 0.15) is 0 Å². The highest BCUT2D eigenvalue weighted by Crippen LogP contribution is 2.35. The summed E-state index contributed by atoms with van der Waals surface area (Å²) in [6, 6.07) is -0.322. The number of hydrogen-bond donors (Lipinski definition) is 2. The minimum Gasteiger partial charge on any atom is -0.351 e. The Labute approximate surface area is 114 Å². The summed E-state index contributed by atoms with van der Waals surface area (Å²) in [5.74, 6) is 0.158. The molecule has 1 saturated carbocycles. The maximum Gasteiger partial charge on any atom is 0.314 e. The van der Waals surface area contributed by atoms with Crippen molar-refractivity contribution in [3.8, 4) is 0 Å². The predicted molar refractivity (Wildman–Crippen MR) is 73.5 cm³/mol. The average Bonchev–Trinajstić information content (AvgIpc) is 2.71. The molecular formula is C14H25N3O2. The van der Waals surface area contributed by atoms with Gasteiger partial charge in [0.05, 0.1) is 0 Å². The minimum atomic E-state index is -0.391. The Bertz CT molecular complexity index is 349. The first kappa shape index (κ1) is 14.2. The quantitative estimate of drug-likeness (QED) is 0.746. The first-order valence-electron chi connectivity index (χ1n) is 7.37. The SMILES string of the molecule is CC1(C(=O)N[C@H]2CCN(C(N)=O)C2)CCCCCC1. The number of nitrogens with one attached hydrogen (secondary N) is 1. The molecule has 0 unspecified atom stereocenters. The molecule has 2 rings (SSSR count). The van der Waals surface area contributed by atoms with E-state index in [4.69, 9.17) is 5.73 Å². The lowest BCUT2D eigenvalue weighted by Gasteiger charge is -2.28. The molecule has 0 spiro atoms. The molecule has 1 saturated heterocycles. The third kappa shape index (κ3) is 3.39. The molecule has 0 aromatic heterocycles. The van der Waals surface area contributed by atoms with Crippen LogP contribution in [-0.4, -0.2) is 36.0 Å². The number of likely N-dealkylation sites (tertiary alicyclic amines) is 1. The van der Waals surface area contributed by atoms with Crippen molar-refractivity contribution in [3.63, 3.8) is 0 Å². The predicted octanol–water partition coefficient (Wildman–Crippen LogP) is 1.62. The fraction of sp³-hybridized carbons (Fsp3) is 0.857. The molecular weight excluding hydrogens is 242 g/mol. The van der Waals surface area contributed by atoms with Crippen molar-refractivity contribution in [2.45, 2.75) is 57.9 Å². The van der Waals surface area contributed by atoms with E-state index >= 15 is 0 Å². The van der Waals surface area contributed by atoms with Crippen LogP contribution in [0.2, 0.25) is 0 Å². The van der Waals surface area contributed by atoms with Gasteiger partial charge in [-0.2, -0.15) is 0 Å². The summed E-state index contributed by atoms with van der Waals surface area (Å²) in [5, 5.41) is 3.11. The number of rotatable bonds is 2. The van der Waals surface area contributed by atoms with Gasteiger partial charge in [-0.25, -0.2) is 4.79 Å². The van der Waals surface area contributed by atoms with Crippen molar-refractivity contribution in [3.05, 3.63) is 0 Å². The molecule has 5 nitrogen and oxygen atoms in total. The van der Waals surface area contributed by atoms with Crippen LogP contribution in [0.25, 0.3) is 0 Å². The number of carbonyl (C=O) groups is 2. The van der Waals surface area contributed by atoms with Crippen LogP contribution in [0.3, 0.4) is 0 Å². The summed E-state index contributed by atoms with van der Waals surface area (Å²) in [4.78, 5) is 25.1. The molecule has 1 aliphatic heterocycles. The molecule has 19 heavy (non-hydrogen) atoms. The maximum absolute atomic E-state index is 12.5. The van der Waals surface area contributed by atoms with Gasteiger partial charge in [0.25, 0.3) is 0 Å². The van der Waals surface area contributed by atoms with E-state index in [0.717, 1.165) is 32.1 Å². The van der Waals surface area contributed by atoms with Gasteiger partial charge >= 0.3 is 6.03 Å². The number of hydrogen-bond acceptors (Lipinski definition) is 2. The monoisotopic (exact) mass is 267 g/mol. The molecule has 0 aromatic rings. The Morgan fingerprint density at radius 1 is 1.21 bits per heavy atom. The van der Waals surface area contributed by atoms with Crippen molar-refractivity contribution in [2.24, 2.45) is 11.1 Å². The lowest BCUT2D eigenvalue weighted by atomic mass is 9.81. The zero-order chi connectivity index (χ0) is 13.9. The summed E-state index contributed by atoms with van der Waals surface area (Å²) in [5.41, 5.74) is 5.03. The second-order valence-corrected chi connectivity index (χ2v) is 6.22. The molecule has 1 atom stereocenters. The molecule has 3 N–H and O–H groups in total. The average molecular weight is 267 g/mol. The van der Waals surface area contributed by atoms with E-state index in [0.29, 0.717) is 13.1 Å². The van der Waals surface area contributed by atoms with Gasteiger partial charge in [0, 0.05) is 24.5 Å². The topological polar surface area (TPSA) is 75.4 Å². The smallest absolute Gasteiger partial charge is 0.314 e. The molecule has 0 aromatic carbocycles. The molecule has 1 aliphatic carbocycles. The zero-order valence-corrected chi connectivity index (χ0v) is 11.8. The summed E-state index contributed by atoms with van der Waals surface area (Å²) >= 11 is 0. The second-order valence-electron chi connectivity index (χ2n) is 6.22. The van der Waals surface area contributed by atoms with E-state index in [1.165, 1.54) is 12.8 Å². The maximum atomic E-state index is 12.5. The molecule has 5 heteroatoms. The van der Waals surface area contributed by atoms with Crippen molar-refractivity contribution in [1.82, 2.24) is 10.2 Å². The summed E-state index contributed by atoms with van der Waals surface area (Å²) < 4.78 is 0. The van der Waals surface area contributed by atoms with E-state index in [9.17, 15) is 9.59 Å². The van der Waals surface area contributed by atoms with E-state index in [1.54, 1.807) is 4.90 Å². The number of primary amides is 1. The van der Waals surface area contributed by atoms with Crippen molar-refractivity contribution < 1.29 is 9.59 Å². The second kappa shape index (κ2) is 5.80. The highest BCUT2D eigenvalue weighted by atomic mass is 16.2. The van der Waals surface area contributed by atoms with E-state index < -0.39 is 6.03 Å². The Balaban J connectivity index is 1.88. The number of nitrogens with two attached hydrogens (primary N) is 1. The summed E-state index contributed by atoms with van der Waals surface area (Å²) in [6.07, 6.45) is 7.52. The molecule has 0 bridgehead atoms. The molecule has 0 radical (unpaired) electrons. The zero-order valence-electron chi connectivity index (χ0n) is 11.8. The van der Waals surface area contributed by atoms with Crippen molar-refractivity contribution in [1.29, 1.82) is 0 Å². The van der Waals surface area contributed by atoms with E-state index in [-0.39, 0.29) is 17.4 Å². The van der Waals surface area contributed by atoms with Crippen molar-refractivity contribution in [2.75, 3.05) is 13.1 Å². The Morgan fingerprint density at radius 3 is 2.37 bits per heavy atom. The van der Waals surface area contributed by atoms with Crippen LogP contribution in [-0.2, 0) is 4.79 Å². The molecule has 2 fully saturated rings. The number of carbonyl (C=O) groups excluding carboxylic acids is 2. The van der Waals surface area contributed by atoms with E-state index in [2.05, 4.69) is 12.2 Å². The molecule has 108 valence electrons. The summed E-state index contributed by atoms with van der Waals surface area (Å²) in [7, 11) is 0.